The third-order valence-electron chi connectivity index (χ3n) is 17.5. The highest BCUT2D eigenvalue weighted by atomic mass is 16.7. The smallest absolute Gasteiger partial charge is 0.335 e. The normalized spacial score (nSPS) is 37.3. The first-order valence-electron chi connectivity index (χ1n) is 22.9. The Morgan fingerprint density at radius 3 is 2.39 bits per heavy atom. The summed E-state index contributed by atoms with van der Waals surface area (Å²) in [6.45, 7) is 18.2. The summed E-state index contributed by atoms with van der Waals surface area (Å²) in [5.74, 6) is 0.114. The molecule has 62 heavy (non-hydrogen) atoms. The van der Waals surface area contributed by atoms with Crippen LogP contribution in [0.25, 0.3) is 10.4 Å². The van der Waals surface area contributed by atoms with Crippen LogP contribution in [0, 0.1) is 57.2 Å². The van der Waals surface area contributed by atoms with Gasteiger partial charge in [-0.3, -0.25) is 23.9 Å². The summed E-state index contributed by atoms with van der Waals surface area (Å²) < 4.78 is 18.1. The number of aromatic nitrogens is 2. The summed E-state index contributed by atoms with van der Waals surface area (Å²) in [4.78, 5) is 74.0. The van der Waals surface area contributed by atoms with Gasteiger partial charge in [0.05, 0.1) is 24.3 Å². The van der Waals surface area contributed by atoms with Gasteiger partial charge in [-0.05, 0) is 129 Å². The number of rotatable bonds is 11. The van der Waals surface area contributed by atoms with Gasteiger partial charge in [0.1, 0.15) is 18.9 Å². The van der Waals surface area contributed by atoms with Crippen LogP contribution >= 0.6 is 0 Å². The summed E-state index contributed by atoms with van der Waals surface area (Å²) in [5.41, 5.74) is 10.3. The highest BCUT2D eigenvalue weighted by Gasteiger charge is 2.69. The first-order chi connectivity index (χ1) is 29.2. The fourth-order valence-electron chi connectivity index (χ4n) is 13.7. The van der Waals surface area contributed by atoms with Gasteiger partial charge in [0.25, 0.3) is 5.56 Å². The second kappa shape index (κ2) is 16.7. The van der Waals surface area contributed by atoms with Crippen molar-refractivity contribution >= 4 is 23.6 Å². The third kappa shape index (κ3) is 7.77. The number of unbranched alkanes of at least 4 members (excludes halogenated alkanes) is 1. The largest absolute Gasteiger partial charge is 0.469 e. The number of carbonyl (C=O) groups is 3. The first kappa shape index (κ1) is 45.8. The Balaban J connectivity index is 0.922. The van der Waals surface area contributed by atoms with E-state index in [9.17, 15) is 24.0 Å². The van der Waals surface area contributed by atoms with Gasteiger partial charge < -0.3 is 19.0 Å². The molecule has 0 spiro atoms. The van der Waals surface area contributed by atoms with E-state index < -0.39 is 47.0 Å². The van der Waals surface area contributed by atoms with Crippen LogP contribution in [0.2, 0.25) is 0 Å². The molecule has 10 atom stereocenters. The molecule has 4 saturated carbocycles. The van der Waals surface area contributed by atoms with Crippen molar-refractivity contribution in [1.82, 2.24) is 9.55 Å². The van der Waals surface area contributed by atoms with Gasteiger partial charge in [0.15, 0.2) is 0 Å². The number of H-pyrrole nitrogens is 1. The quantitative estimate of drug-likeness (QED) is 0.0330. The number of ether oxygens (including phenoxy) is 3. The van der Waals surface area contributed by atoms with Crippen molar-refractivity contribution in [2.24, 2.45) is 60.5 Å². The minimum atomic E-state index is -0.806. The van der Waals surface area contributed by atoms with Crippen molar-refractivity contribution in [3.8, 4) is 0 Å². The van der Waals surface area contributed by atoms with Gasteiger partial charge in [-0.1, -0.05) is 70.4 Å². The van der Waals surface area contributed by atoms with E-state index in [-0.39, 0.29) is 64.8 Å². The van der Waals surface area contributed by atoms with Crippen LogP contribution in [0.1, 0.15) is 157 Å². The lowest BCUT2D eigenvalue weighted by molar-refractivity contribution is -0.181. The van der Waals surface area contributed by atoms with E-state index >= 15 is 0 Å². The molecule has 7 rings (SSSR count). The number of esters is 2. The zero-order chi connectivity index (χ0) is 45.0. The second-order valence-electron chi connectivity index (χ2n) is 21.6. The molecule has 5 fully saturated rings. The van der Waals surface area contributed by atoms with E-state index in [0.717, 1.165) is 69.9 Å². The van der Waals surface area contributed by atoms with Crippen LogP contribution < -0.4 is 11.2 Å². The fourth-order valence-corrected chi connectivity index (χ4v) is 13.7. The molecule has 0 bridgehead atoms. The molecule has 0 aromatic carbocycles. The molecule has 0 unspecified atom stereocenters. The lowest BCUT2D eigenvalue weighted by Crippen LogP contribution is -2.64. The van der Waals surface area contributed by atoms with Gasteiger partial charge >= 0.3 is 23.6 Å². The van der Waals surface area contributed by atoms with Gasteiger partial charge in [-0.2, -0.15) is 0 Å². The average molecular weight is 861 g/mol. The number of hydrogen-bond donors (Lipinski definition) is 1. The maximum atomic E-state index is 13.6. The number of aromatic amines is 1. The van der Waals surface area contributed by atoms with Gasteiger partial charge in [-0.25, -0.2) is 9.59 Å². The predicted molar refractivity (Wildman–Crippen MR) is 232 cm³/mol. The predicted octanol–water partition coefficient (Wildman–Crippen LogP) is 8.79. The molecule has 15 nitrogen and oxygen atoms in total. The van der Waals surface area contributed by atoms with E-state index in [4.69, 9.17) is 24.6 Å². The molecule has 15 heteroatoms. The number of nitrogens with one attached hydrogen (secondary N) is 1. The molecule has 6 aliphatic rings. The van der Waals surface area contributed by atoms with Crippen molar-refractivity contribution in [2.45, 2.75) is 170 Å². The molecule has 1 N–H and O–H groups in total. The van der Waals surface area contributed by atoms with Crippen LogP contribution in [-0.2, 0) is 33.4 Å². The zero-order valence-corrected chi connectivity index (χ0v) is 38.3. The van der Waals surface area contributed by atoms with Gasteiger partial charge in [0, 0.05) is 41.3 Å². The molecule has 5 aliphatic carbocycles. The Morgan fingerprint density at radius 2 is 1.68 bits per heavy atom. The molecule has 1 aromatic heterocycles. The van der Waals surface area contributed by atoms with Crippen molar-refractivity contribution < 1.29 is 33.4 Å². The number of carbonyl (C=O) groups excluding carboxylic acids is 3. The van der Waals surface area contributed by atoms with Crippen molar-refractivity contribution in [3.05, 3.63) is 54.7 Å². The van der Waals surface area contributed by atoms with Gasteiger partial charge in [-0.15, -0.1) is 0 Å². The zero-order valence-electron chi connectivity index (χ0n) is 38.3. The lowest BCUT2D eigenvalue weighted by Gasteiger charge is -2.70. The molecule has 0 radical (unpaired) electrons. The van der Waals surface area contributed by atoms with Crippen LogP contribution in [0.4, 0.5) is 0 Å². The Labute approximate surface area is 364 Å². The lowest BCUT2D eigenvalue weighted by atomic mass is 9.33. The Kier molecular flexibility index (Phi) is 12.3. The minimum Gasteiger partial charge on any atom is -0.469 e. The number of nitrogens with zero attached hydrogens (tertiary/aromatic N) is 5. The number of methoxy groups -OCH3 is 1. The molecule has 1 aliphatic heterocycles. The van der Waals surface area contributed by atoms with E-state index in [2.05, 4.69) is 74.7 Å². The number of oxime groups is 1. The highest BCUT2D eigenvalue weighted by molar-refractivity contribution is 5.91. The van der Waals surface area contributed by atoms with E-state index in [1.54, 1.807) is 14.0 Å². The number of azide groups is 1. The molecular formula is C47H68N6O9. The second-order valence-corrected chi connectivity index (χ2v) is 21.6. The van der Waals surface area contributed by atoms with Crippen LogP contribution in [0.15, 0.2) is 37.7 Å². The Morgan fingerprint density at radius 1 is 0.968 bits per heavy atom. The number of aryl methyl sites for hydroxylation is 1. The van der Waals surface area contributed by atoms with E-state index in [1.165, 1.54) is 16.3 Å². The van der Waals surface area contributed by atoms with Crippen molar-refractivity contribution in [3.63, 3.8) is 0 Å². The summed E-state index contributed by atoms with van der Waals surface area (Å²) in [6.07, 6.45) is 13.3. The minimum absolute atomic E-state index is 0.00362. The van der Waals surface area contributed by atoms with Crippen LogP contribution in [-0.4, -0.2) is 59.0 Å². The van der Waals surface area contributed by atoms with Crippen LogP contribution in [0.5, 0.6) is 0 Å². The number of fused-ring (bicyclic) bond motifs is 7. The van der Waals surface area contributed by atoms with Crippen LogP contribution in [0.3, 0.4) is 0 Å². The summed E-state index contributed by atoms with van der Waals surface area (Å²) >= 11 is 0. The van der Waals surface area contributed by atoms with Crippen molar-refractivity contribution in [1.29, 1.82) is 0 Å². The van der Waals surface area contributed by atoms with Crippen molar-refractivity contribution in [2.75, 3.05) is 13.7 Å². The molecule has 340 valence electrons. The van der Waals surface area contributed by atoms with E-state index in [1.807, 2.05) is 0 Å². The summed E-state index contributed by atoms with van der Waals surface area (Å²) in [7, 11) is 1.56. The Hall–Kier alpha value is -4.23. The van der Waals surface area contributed by atoms with Gasteiger partial charge in [0.2, 0.25) is 0 Å². The average Bonchev–Trinajstić information content (AvgIpc) is 3.61. The number of hydrogen-bond acceptors (Lipinski definition) is 11. The highest BCUT2D eigenvalue weighted by Crippen LogP contribution is 2.75. The topological polar surface area (TPSA) is 204 Å². The fraction of sp³-hybridized carbons (Fsp3) is 0.787. The summed E-state index contributed by atoms with van der Waals surface area (Å²) in [6, 6.07) is -0.687. The first-order valence-corrected chi connectivity index (χ1v) is 22.9. The van der Waals surface area contributed by atoms with E-state index in [0.29, 0.717) is 30.2 Å². The molecular weight excluding hydrogens is 793 g/mol. The maximum Gasteiger partial charge on any atom is 0.335 e. The molecule has 2 heterocycles. The maximum absolute atomic E-state index is 13.6. The SMILES string of the molecule is COC(=O)[C@]12CCC(C)(C)C[C@H]1C1=CC[C@@H]3[C@@]4(C)CC/C(=N\OC(=O)CCCCC(=O)OC[C@H]5O[C@@H](n6cc(C)c(=O)[nH]c6=O)C[C@@H]5N=[N+]=[N-])C(C)(C)[C@@H]4CC[C@@]3(C)[C@]1(C)CC2. The number of allylic oxidation sites excluding steroid dienone is 2. The monoisotopic (exact) mass is 861 g/mol. The molecule has 1 aromatic rings. The molecule has 0 amide bonds. The molecule has 1 saturated heterocycles. The Bertz CT molecular complexity index is 2190. The standard InChI is InChI=1S/C47H68N6O9/c1-28-26-53(41(58)49-39(28)56)36-24-31(50-52-48)32(61-36)27-60-37(54)12-10-11-13-38(55)62-51-35-17-18-44(6)33(43(35,4)5)16-19-46(8)34(44)15-14-29-30-25-42(2,3)20-22-47(30,40(57)59-9)23-21-45(29,46)7/h14,26,30-34,36H,10-13,15-25,27H2,1-9H3,(H,49,56,58)/b51-35+/t30-,31-,32+,33-,34+,36+,44-,45+,46+,47-/m0/s1. The third-order valence-corrected chi connectivity index (χ3v) is 17.5. The summed E-state index contributed by atoms with van der Waals surface area (Å²) in [5, 5.41) is 8.30.